The van der Waals surface area contributed by atoms with E-state index in [0.717, 1.165) is 24.9 Å². The van der Waals surface area contributed by atoms with Crippen molar-refractivity contribution < 1.29 is 0 Å². The standard InChI is InChI=1S/C10H5Br3N2/c11-6-1-3-8(14-5-6)9-4-2-7(12)10(13)15-9/h1-5H. The fourth-order valence-corrected chi connectivity index (χ4v) is 1.87. The van der Waals surface area contributed by atoms with Crippen molar-refractivity contribution in [1.82, 2.24) is 9.97 Å². The molecule has 0 atom stereocenters. The number of nitrogens with zero attached hydrogens (tertiary/aromatic N) is 2. The maximum atomic E-state index is 4.36. The predicted molar refractivity (Wildman–Crippen MR) is 70.6 cm³/mol. The van der Waals surface area contributed by atoms with Crippen molar-refractivity contribution in [2.45, 2.75) is 0 Å². The number of rotatable bonds is 1. The van der Waals surface area contributed by atoms with Gasteiger partial charge in [0.15, 0.2) is 0 Å². The van der Waals surface area contributed by atoms with Gasteiger partial charge in [-0.05, 0) is 72.1 Å². The molecule has 2 rings (SSSR count). The maximum Gasteiger partial charge on any atom is 0.121 e. The summed E-state index contributed by atoms with van der Waals surface area (Å²) >= 11 is 10.1. The molecule has 0 spiro atoms. The van der Waals surface area contributed by atoms with Crippen molar-refractivity contribution in [3.63, 3.8) is 0 Å². The minimum Gasteiger partial charge on any atom is -0.253 e. The molecule has 0 bridgehead atoms. The summed E-state index contributed by atoms with van der Waals surface area (Å²) in [5.74, 6) is 0. The van der Waals surface area contributed by atoms with E-state index in [2.05, 4.69) is 57.8 Å². The summed E-state index contributed by atoms with van der Waals surface area (Å²) in [5.41, 5.74) is 1.70. The molecule has 0 amide bonds. The van der Waals surface area contributed by atoms with E-state index in [1.54, 1.807) is 6.20 Å². The van der Waals surface area contributed by atoms with Gasteiger partial charge in [-0.1, -0.05) is 0 Å². The van der Waals surface area contributed by atoms with E-state index in [1.807, 2.05) is 24.3 Å². The third-order valence-corrected chi connectivity index (χ3v) is 4.04. The summed E-state index contributed by atoms with van der Waals surface area (Å²) in [6, 6.07) is 7.73. The number of pyridine rings is 2. The molecule has 0 aliphatic rings. The van der Waals surface area contributed by atoms with Gasteiger partial charge in [0.1, 0.15) is 4.60 Å². The molecule has 2 heterocycles. The summed E-state index contributed by atoms with van der Waals surface area (Å²) in [6.45, 7) is 0. The highest BCUT2D eigenvalue weighted by molar-refractivity contribution is 9.13. The van der Waals surface area contributed by atoms with E-state index in [9.17, 15) is 0 Å². The van der Waals surface area contributed by atoms with Gasteiger partial charge in [-0.3, -0.25) is 4.98 Å². The first-order valence-electron chi connectivity index (χ1n) is 4.11. The molecular formula is C10H5Br3N2. The quantitative estimate of drug-likeness (QED) is 0.671. The first-order valence-corrected chi connectivity index (χ1v) is 6.49. The molecule has 15 heavy (non-hydrogen) atoms. The van der Waals surface area contributed by atoms with E-state index in [1.165, 1.54) is 0 Å². The molecule has 0 N–H and O–H groups in total. The van der Waals surface area contributed by atoms with Crippen LogP contribution in [0, 0.1) is 0 Å². The highest BCUT2D eigenvalue weighted by atomic mass is 79.9. The van der Waals surface area contributed by atoms with Crippen molar-refractivity contribution >= 4 is 47.8 Å². The SMILES string of the molecule is Brc1ccc(-c2ccc(Br)c(Br)n2)nc1. The lowest BCUT2D eigenvalue weighted by Crippen LogP contribution is -1.87. The van der Waals surface area contributed by atoms with Crippen molar-refractivity contribution in [1.29, 1.82) is 0 Å². The van der Waals surface area contributed by atoms with Crippen LogP contribution in [0.3, 0.4) is 0 Å². The summed E-state index contributed by atoms with van der Waals surface area (Å²) in [6.07, 6.45) is 1.76. The Morgan fingerprint density at radius 2 is 1.60 bits per heavy atom. The zero-order valence-electron chi connectivity index (χ0n) is 7.42. The van der Waals surface area contributed by atoms with Crippen LogP contribution in [0.1, 0.15) is 0 Å². The van der Waals surface area contributed by atoms with Crippen LogP contribution >= 0.6 is 47.8 Å². The Morgan fingerprint density at radius 1 is 0.867 bits per heavy atom. The van der Waals surface area contributed by atoms with E-state index in [0.29, 0.717) is 0 Å². The van der Waals surface area contributed by atoms with Crippen LogP contribution in [0.4, 0.5) is 0 Å². The van der Waals surface area contributed by atoms with E-state index in [4.69, 9.17) is 0 Å². The molecule has 2 nitrogen and oxygen atoms in total. The lowest BCUT2D eigenvalue weighted by molar-refractivity contribution is 1.21. The number of aromatic nitrogens is 2. The molecule has 0 radical (unpaired) electrons. The highest BCUT2D eigenvalue weighted by Crippen LogP contribution is 2.24. The third-order valence-electron chi connectivity index (χ3n) is 1.79. The van der Waals surface area contributed by atoms with Crippen LogP contribution < -0.4 is 0 Å². The third kappa shape index (κ3) is 2.65. The minimum absolute atomic E-state index is 0.782. The van der Waals surface area contributed by atoms with Gasteiger partial charge in [0.2, 0.25) is 0 Å². The molecule has 0 saturated heterocycles. The second-order valence-corrected chi connectivity index (χ2v) is 5.35. The van der Waals surface area contributed by atoms with Gasteiger partial charge in [0.25, 0.3) is 0 Å². The summed E-state index contributed by atoms with van der Waals surface area (Å²) in [4.78, 5) is 8.64. The van der Waals surface area contributed by atoms with Gasteiger partial charge < -0.3 is 0 Å². The van der Waals surface area contributed by atoms with Gasteiger partial charge in [0, 0.05) is 10.7 Å². The molecule has 0 aliphatic carbocycles. The second-order valence-electron chi connectivity index (χ2n) is 2.83. The zero-order chi connectivity index (χ0) is 10.8. The second kappa shape index (κ2) is 4.72. The topological polar surface area (TPSA) is 25.8 Å². The van der Waals surface area contributed by atoms with Gasteiger partial charge in [-0.25, -0.2) is 4.98 Å². The fourth-order valence-electron chi connectivity index (χ4n) is 1.09. The predicted octanol–water partition coefficient (Wildman–Crippen LogP) is 4.43. The smallest absolute Gasteiger partial charge is 0.121 e. The maximum absolute atomic E-state index is 4.36. The van der Waals surface area contributed by atoms with E-state index in [-0.39, 0.29) is 0 Å². The van der Waals surface area contributed by atoms with E-state index < -0.39 is 0 Å². The van der Waals surface area contributed by atoms with Gasteiger partial charge >= 0.3 is 0 Å². The van der Waals surface area contributed by atoms with Crippen molar-refractivity contribution in [3.05, 3.63) is 44.0 Å². The normalized spacial score (nSPS) is 10.3. The fraction of sp³-hybridized carbons (Fsp3) is 0. The minimum atomic E-state index is 0.782. The van der Waals surface area contributed by atoms with Crippen LogP contribution in [0.15, 0.2) is 44.0 Å². The number of hydrogen-bond acceptors (Lipinski definition) is 2. The molecule has 76 valence electrons. The van der Waals surface area contributed by atoms with Crippen LogP contribution in [0.5, 0.6) is 0 Å². The Labute approximate surface area is 113 Å². The van der Waals surface area contributed by atoms with Gasteiger partial charge in [-0.2, -0.15) is 0 Å². The molecule has 0 unspecified atom stereocenters. The Morgan fingerprint density at radius 3 is 2.20 bits per heavy atom. The largest absolute Gasteiger partial charge is 0.253 e. The van der Waals surface area contributed by atoms with Gasteiger partial charge in [0.05, 0.1) is 15.9 Å². The Kier molecular flexibility index (Phi) is 3.53. The number of hydrogen-bond donors (Lipinski definition) is 0. The summed E-state index contributed by atoms with van der Waals surface area (Å²) in [5, 5.41) is 0. The molecule has 0 fully saturated rings. The molecular weight excluding hydrogens is 388 g/mol. The summed E-state index contributed by atoms with van der Waals surface area (Å²) in [7, 11) is 0. The van der Waals surface area contributed by atoms with Crippen LogP contribution in [-0.4, -0.2) is 9.97 Å². The average molecular weight is 393 g/mol. The highest BCUT2D eigenvalue weighted by Gasteiger charge is 2.03. The molecule has 2 aromatic heterocycles. The lowest BCUT2D eigenvalue weighted by atomic mass is 10.2. The van der Waals surface area contributed by atoms with Gasteiger partial charge in [-0.15, -0.1) is 0 Å². The first kappa shape index (κ1) is 11.2. The molecule has 0 saturated carbocycles. The van der Waals surface area contributed by atoms with Crippen LogP contribution in [0.2, 0.25) is 0 Å². The first-order chi connectivity index (χ1) is 7.16. The number of halogens is 3. The van der Waals surface area contributed by atoms with E-state index >= 15 is 0 Å². The lowest BCUT2D eigenvalue weighted by Gasteiger charge is -2.01. The van der Waals surface area contributed by atoms with Crippen LogP contribution in [-0.2, 0) is 0 Å². The Balaban J connectivity index is 2.45. The molecule has 5 heteroatoms. The van der Waals surface area contributed by atoms with Crippen LogP contribution in [0.25, 0.3) is 11.4 Å². The van der Waals surface area contributed by atoms with Crippen molar-refractivity contribution in [3.8, 4) is 11.4 Å². The Hall–Kier alpha value is -0.260. The molecule has 0 aliphatic heterocycles. The van der Waals surface area contributed by atoms with Crippen molar-refractivity contribution in [2.24, 2.45) is 0 Å². The monoisotopic (exact) mass is 390 g/mol. The molecule has 2 aromatic rings. The molecule has 0 aromatic carbocycles. The van der Waals surface area contributed by atoms with Crippen molar-refractivity contribution in [2.75, 3.05) is 0 Å². The Bertz CT molecular complexity index is 483. The average Bonchev–Trinajstić information content (AvgIpc) is 2.23. The zero-order valence-corrected chi connectivity index (χ0v) is 12.2. The summed E-state index contributed by atoms with van der Waals surface area (Å²) < 4.78 is 2.68.